The summed E-state index contributed by atoms with van der Waals surface area (Å²) in [5, 5.41) is 3.25. The van der Waals surface area contributed by atoms with Crippen molar-refractivity contribution >= 4 is 5.96 Å². The van der Waals surface area contributed by atoms with E-state index in [1.807, 2.05) is 6.92 Å². The first kappa shape index (κ1) is 19.3. The lowest BCUT2D eigenvalue weighted by Gasteiger charge is -2.39. The van der Waals surface area contributed by atoms with Crippen LogP contribution in [0, 0.1) is 0 Å². The largest absolute Gasteiger partial charge is 0.403 e. The Hall–Kier alpha value is -1.02. The molecule has 0 aliphatic carbocycles. The topological polar surface area (TPSA) is 40.1 Å². The van der Waals surface area contributed by atoms with Gasteiger partial charge in [0.2, 0.25) is 0 Å². The minimum Gasteiger partial charge on any atom is -0.378 e. The van der Waals surface area contributed by atoms with E-state index in [0.29, 0.717) is 38.8 Å². The highest BCUT2D eigenvalue weighted by Crippen LogP contribution is 2.25. The second-order valence-electron chi connectivity index (χ2n) is 6.40. The fourth-order valence-electron chi connectivity index (χ4n) is 3.14. The SMILES string of the molecule is CCNC(=NCCC1CCCO1)N1CCN(C(C)C(F)(F)F)CC1. The van der Waals surface area contributed by atoms with E-state index in [0.717, 1.165) is 38.4 Å². The van der Waals surface area contributed by atoms with Gasteiger partial charge in [0.15, 0.2) is 5.96 Å². The van der Waals surface area contributed by atoms with Crippen molar-refractivity contribution in [1.29, 1.82) is 0 Å². The van der Waals surface area contributed by atoms with Crippen LogP contribution in [-0.2, 0) is 4.74 Å². The van der Waals surface area contributed by atoms with Gasteiger partial charge in [-0.05, 0) is 33.1 Å². The van der Waals surface area contributed by atoms with Crippen LogP contribution in [0.4, 0.5) is 13.2 Å². The van der Waals surface area contributed by atoms with Gasteiger partial charge in [-0.15, -0.1) is 0 Å². The van der Waals surface area contributed by atoms with E-state index in [1.165, 1.54) is 11.8 Å². The van der Waals surface area contributed by atoms with Gasteiger partial charge in [0, 0.05) is 45.9 Å². The number of hydrogen-bond acceptors (Lipinski definition) is 3. The molecule has 2 atom stereocenters. The number of alkyl halides is 3. The van der Waals surface area contributed by atoms with Crippen molar-refractivity contribution in [2.24, 2.45) is 4.99 Å². The van der Waals surface area contributed by atoms with E-state index in [2.05, 4.69) is 15.2 Å². The van der Waals surface area contributed by atoms with Crippen molar-refractivity contribution in [2.45, 2.75) is 51.4 Å². The van der Waals surface area contributed by atoms with Gasteiger partial charge in [-0.3, -0.25) is 9.89 Å². The van der Waals surface area contributed by atoms with Gasteiger partial charge in [-0.2, -0.15) is 13.2 Å². The number of halogens is 3. The molecule has 8 heteroatoms. The first-order valence-corrected chi connectivity index (χ1v) is 8.87. The first-order chi connectivity index (χ1) is 11.4. The van der Waals surface area contributed by atoms with Crippen molar-refractivity contribution in [1.82, 2.24) is 15.1 Å². The number of piperazine rings is 1. The molecular weight excluding hydrogens is 321 g/mol. The molecule has 2 unspecified atom stereocenters. The van der Waals surface area contributed by atoms with Crippen LogP contribution >= 0.6 is 0 Å². The molecule has 2 fully saturated rings. The van der Waals surface area contributed by atoms with Crippen LogP contribution in [0.3, 0.4) is 0 Å². The van der Waals surface area contributed by atoms with E-state index in [1.54, 1.807) is 0 Å². The summed E-state index contributed by atoms with van der Waals surface area (Å²) in [6.45, 7) is 7.43. The smallest absolute Gasteiger partial charge is 0.378 e. The predicted molar refractivity (Wildman–Crippen MR) is 88.2 cm³/mol. The summed E-state index contributed by atoms with van der Waals surface area (Å²) in [5.74, 6) is 0.801. The van der Waals surface area contributed by atoms with Crippen LogP contribution in [0.25, 0.3) is 0 Å². The normalized spacial score (nSPS) is 25.1. The third kappa shape index (κ3) is 5.51. The van der Waals surface area contributed by atoms with Crippen molar-refractivity contribution in [2.75, 3.05) is 45.9 Å². The van der Waals surface area contributed by atoms with Gasteiger partial charge in [0.25, 0.3) is 0 Å². The van der Waals surface area contributed by atoms with E-state index in [9.17, 15) is 13.2 Å². The molecule has 2 aliphatic rings. The van der Waals surface area contributed by atoms with E-state index < -0.39 is 12.2 Å². The number of aliphatic imine (C=N–C) groups is 1. The molecule has 2 aliphatic heterocycles. The zero-order chi connectivity index (χ0) is 17.6. The van der Waals surface area contributed by atoms with Crippen LogP contribution in [0.5, 0.6) is 0 Å². The van der Waals surface area contributed by atoms with Crippen molar-refractivity contribution in [3.63, 3.8) is 0 Å². The zero-order valence-corrected chi connectivity index (χ0v) is 14.6. The average molecular weight is 350 g/mol. The third-order valence-electron chi connectivity index (χ3n) is 4.71. The number of rotatable bonds is 5. The molecular formula is C16H29F3N4O. The number of ether oxygens (including phenoxy) is 1. The minimum atomic E-state index is -4.16. The highest BCUT2D eigenvalue weighted by atomic mass is 19.4. The summed E-state index contributed by atoms with van der Waals surface area (Å²) in [7, 11) is 0. The Balaban J connectivity index is 1.83. The summed E-state index contributed by atoms with van der Waals surface area (Å²) in [4.78, 5) is 8.18. The molecule has 0 aromatic heterocycles. The maximum Gasteiger partial charge on any atom is 0.403 e. The minimum absolute atomic E-state index is 0.307. The maximum absolute atomic E-state index is 12.8. The molecule has 0 bridgehead atoms. The third-order valence-corrected chi connectivity index (χ3v) is 4.71. The molecule has 2 saturated heterocycles. The van der Waals surface area contributed by atoms with E-state index in [-0.39, 0.29) is 0 Å². The molecule has 0 aromatic rings. The van der Waals surface area contributed by atoms with Gasteiger partial charge < -0.3 is 15.0 Å². The number of hydrogen-bond donors (Lipinski definition) is 1. The average Bonchev–Trinajstić information content (AvgIpc) is 3.06. The molecule has 140 valence electrons. The highest BCUT2D eigenvalue weighted by molar-refractivity contribution is 5.80. The first-order valence-electron chi connectivity index (χ1n) is 8.87. The lowest BCUT2D eigenvalue weighted by molar-refractivity contribution is -0.181. The summed E-state index contributed by atoms with van der Waals surface area (Å²) in [6, 6.07) is -1.39. The van der Waals surface area contributed by atoms with Gasteiger partial charge in [0.1, 0.15) is 6.04 Å². The summed E-state index contributed by atoms with van der Waals surface area (Å²) in [5.41, 5.74) is 0. The van der Waals surface area contributed by atoms with Crippen LogP contribution in [0.1, 0.15) is 33.1 Å². The lowest BCUT2D eigenvalue weighted by atomic mass is 10.2. The van der Waals surface area contributed by atoms with Gasteiger partial charge in [0.05, 0.1) is 6.10 Å². The van der Waals surface area contributed by atoms with E-state index >= 15 is 0 Å². The van der Waals surface area contributed by atoms with Crippen LogP contribution in [0.15, 0.2) is 4.99 Å². The fourth-order valence-corrected chi connectivity index (χ4v) is 3.14. The molecule has 0 radical (unpaired) electrons. The Morgan fingerprint density at radius 3 is 2.54 bits per heavy atom. The lowest BCUT2D eigenvalue weighted by Crippen LogP contribution is -2.56. The summed E-state index contributed by atoms with van der Waals surface area (Å²) < 4.78 is 44.1. The second kappa shape index (κ2) is 8.89. The summed E-state index contributed by atoms with van der Waals surface area (Å²) in [6.07, 6.45) is -0.739. The van der Waals surface area contributed by atoms with Gasteiger partial charge in [-0.25, -0.2) is 0 Å². The zero-order valence-electron chi connectivity index (χ0n) is 14.6. The van der Waals surface area contributed by atoms with Crippen molar-refractivity contribution < 1.29 is 17.9 Å². The van der Waals surface area contributed by atoms with Crippen molar-refractivity contribution in [3.8, 4) is 0 Å². The Bertz CT molecular complexity index is 403. The molecule has 24 heavy (non-hydrogen) atoms. The quantitative estimate of drug-likeness (QED) is 0.609. The van der Waals surface area contributed by atoms with Crippen LogP contribution in [0.2, 0.25) is 0 Å². The standard InChI is InChI=1S/C16H29F3N4O/c1-3-20-15(21-7-6-14-5-4-12-24-14)23-10-8-22(9-11-23)13(2)16(17,18)19/h13-14H,3-12H2,1-2H3,(H,20,21). The molecule has 0 spiro atoms. The highest BCUT2D eigenvalue weighted by Gasteiger charge is 2.41. The Morgan fingerprint density at radius 1 is 1.29 bits per heavy atom. The molecule has 0 saturated carbocycles. The summed E-state index contributed by atoms with van der Waals surface area (Å²) >= 11 is 0. The van der Waals surface area contributed by atoms with Crippen LogP contribution < -0.4 is 5.32 Å². The van der Waals surface area contributed by atoms with E-state index in [4.69, 9.17) is 4.74 Å². The van der Waals surface area contributed by atoms with Crippen LogP contribution in [-0.4, -0.2) is 80.0 Å². The van der Waals surface area contributed by atoms with Crippen molar-refractivity contribution in [3.05, 3.63) is 0 Å². The van der Waals surface area contributed by atoms with Gasteiger partial charge in [-0.1, -0.05) is 0 Å². The fraction of sp³-hybridized carbons (Fsp3) is 0.938. The number of guanidine groups is 1. The molecule has 0 aromatic carbocycles. The molecule has 2 heterocycles. The molecule has 1 N–H and O–H groups in total. The Kier molecular flexibility index (Phi) is 7.16. The Morgan fingerprint density at radius 2 is 2.00 bits per heavy atom. The van der Waals surface area contributed by atoms with Gasteiger partial charge >= 0.3 is 6.18 Å². The monoisotopic (exact) mass is 350 g/mol. The predicted octanol–water partition coefficient (Wildman–Crippen LogP) is 2.09. The number of nitrogens with one attached hydrogen (secondary N) is 1. The number of nitrogens with zero attached hydrogens (tertiary/aromatic N) is 3. The molecule has 2 rings (SSSR count). The second-order valence-corrected chi connectivity index (χ2v) is 6.40. The maximum atomic E-state index is 12.8. The molecule has 0 amide bonds. The molecule has 5 nitrogen and oxygen atoms in total. The Labute approximate surface area is 142 Å².